The van der Waals surface area contributed by atoms with Crippen LogP contribution in [-0.4, -0.2) is 82.2 Å². The van der Waals surface area contributed by atoms with Gasteiger partial charge < -0.3 is 10.6 Å². The van der Waals surface area contributed by atoms with E-state index < -0.39 is 9.85 Å². The van der Waals surface area contributed by atoms with E-state index in [2.05, 4.69) is 34.3 Å². The number of nitrogens with one attached hydrogen (secondary N) is 2. The number of nitrogens with zero attached hydrogens (tertiary/aromatic N) is 4. The summed E-state index contributed by atoms with van der Waals surface area (Å²) >= 11 is 13.7. The van der Waals surface area contributed by atoms with Crippen molar-refractivity contribution in [2.75, 3.05) is 61.4 Å². The number of hydrogen-bond donors (Lipinski definition) is 2. The minimum absolute atomic E-state index is 0.0962. The molecule has 0 radical (unpaired) electrons. The Morgan fingerprint density at radius 1 is 0.878 bits per heavy atom. The van der Waals surface area contributed by atoms with Gasteiger partial charge in [0.1, 0.15) is 0 Å². The van der Waals surface area contributed by atoms with Gasteiger partial charge >= 0.3 is 0 Å². The highest BCUT2D eigenvalue weighted by molar-refractivity contribution is 7.99. The molecule has 0 saturated carbocycles. The molecule has 1 saturated heterocycles. The van der Waals surface area contributed by atoms with E-state index >= 15 is 0 Å². The molecule has 0 aromatic heterocycles. The number of carbonyl (C=O) groups is 2. The van der Waals surface area contributed by atoms with Crippen LogP contribution < -0.4 is 10.6 Å². The number of nitro benzene ring substituents is 2. The van der Waals surface area contributed by atoms with Crippen LogP contribution in [0.5, 0.6) is 0 Å². The number of thioether (sulfide) groups is 1. The van der Waals surface area contributed by atoms with Crippen LogP contribution in [-0.2, 0) is 9.59 Å². The number of amides is 2. The third-order valence-electron chi connectivity index (χ3n) is 5.79. The van der Waals surface area contributed by atoms with Gasteiger partial charge in [0.05, 0.1) is 44.4 Å². The Hall–Kier alpha value is -2.97. The van der Waals surface area contributed by atoms with Gasteiger partial charge in [-0.25, -0.2) is 0 Å². The fraction of sp³-hybridized carbons (Fsp3) is 0.462. The molecular weight excluding hydrogens is 595 g/mol. The van der Waals surface area contributed by atoms with Gasteiger partial charge in [-0.2, -0.15) is 11.8 Å². The van der Waals surface area contributed by atoms with E-state index in [1.807, 2.05) is 11.8 Å². The summed E-state index contributed by atoms with van der Waals surface area (Å²) in [4.78, 5) is 48.2. The van der Waals surface area contributed by atoms with Crippen molar-refractivity contribution in [3.63, 3.8) is 0 Å². The van der Waals surface area contributed by atoms with Crippen molar-refractivity contribution in [3.05, 3.63) is 66.7 Å². The monoisotopic (exact) mass is 628 g/mol. The number of carbonyl (C=O) groups excluding carboxylic acids is 2. The molecule has 224 valence electrons. The number of anilines is 2. The average Bonchev–Trinajstić information content (AvgIpc) is 2.92. The normalized spacial score (nSPS) is 13.2. The summed E-state index contributed by atoms with van der Waals surface area (Å²) in [6.45, 7) is 8.23. The Kier molecular flexibility index (Phi) is 14.8. The average molecular weight is 630 g/mol. The first kappa shape index (κ1) is 34.2. The van der Waals surface area contributed by atoms with E-state index in [9.17, 15) is 29.8 Å². The second kappa shape index (κ2) is 17.8. The van der Waals surface area contributed by atoms with Crippen molar-refractivity contribution >= 4 is 69.5 Å². The lowest BCUT2D eigenvalue weighted by atomic mass is 10.2. The minimum Gasteiger partial charge on any atom is -0.324 e. The second-order valence-corrected chi connectivity index (χ2v) is 11.1. The van der Waals surface area contributed by atoms with Crippen LogP contribution in [0.1, 0.15) is 26.7 Å². The third kappa shape index (κ3) is 12.2. The van der Waals surface area contributed by atoms with Crippen molar-refractivity contribution in [1.29, 1.82) is 0 Å². The molecule has 1 fully saturated rings. The zero-order valence-corrected chi connectivity index (χ0v) is 25.3. The molecule has 2 aromatic rings. The minimum atomic E-state index is -0.526. The maximum Gasteiger partial charge on any atom is 0.271 e. The van der Waals surface area contributed by atoms with Gasteiger partial charge in [0.25, 0.3) is 11.4 Å². The summed E-state index contributed by atoms with van der Waals surface area (Å²) in [5, 5.41) is 26.9. The van der Waals surface area contributed by atoms with Crippen LogP contribution in [0.15, 0.2) is 36.4 Å². The lowest BCUT2D eigenvalue weighted by Crippen LogP contribution is -2.38. The van der Waals surface area contributed by atoms with Crippen LogP contribution in [0.25, 0.3) is 0 Å². The molecule has 2 amide bonds. The number of nitro groups is 2. The first-order valence-corrected chi connectivity index (χ1v) is 14.9. The van der Waals surface area contributed by atoms with Crippen molar-refractivity contribution in [2.24, 2.45) is 0 Å². The molecule has 1 heterocycles. The summed E-state index contributed by atoms with van der Waals surface area (Å²) in [6.07, 6.45) is 1.96. The van der Waals surface area contributed by atoms with Gasteiger partial charge in [-0.1, -0.05) is 37.0 Å². The van der Waals surface area contributed by atoms with Crippen LogP contribution >= 0.6 is 35.0 Å². The van der Waals surface area contributed by atoms with E-state index in [1.165, 1.54) is 36.4 Å². The zero-order valence-electron chi connectivity index (χ0n) is 22.9. The Labute approximate surface area is 253 Å². The standard InChI is InChI=1S/C14H20ClN3O3.C12H14ClN3O3S/c1-3-7-17(8-4-2)10-14(19)16-13-6-5-11(18(20)21)9-12(13)15;13-10-7-9(16(18)19)1-2-11(10)14-12(17)8-15-3-5-20-6-4-15/h5-6,9H,3-4,7-8,10H2,1-2H3,(H,16,19);1-2,7H,3-6,8H2,(H,14,17). The van der Waals surface area contributed by atoms with Gasteiger partial charge in [-0.3, -0.25) is 39.6 Å². The summed E-state index contributed by atoms with van der Waals surface area (Å²) in [5.41, 5.74) is 0.589. The van der Waals surface area contributed by atoms with Crippen molar-refractivity contribution in [3.8, 4) is 0 Å². The molecule has 1 aliphatic heterocycles. The number of non-ortho nitro benzene ring substituents is 2. The van der Waals surface area contributed by atoms with Gasteiger partial charge in [0, 0.05) is 48.9 Å². The molecular formula is C26H34Cl2N6O6S. The first-order valence-electron chi connectivity index (χ1n) is 13.0. The largest absolute Gasteiger partial charge is 0.324 e. The lowest BCUT2D eigenvalue weighted by Gasteiger charge is -2.25. The van der Waals surface area contributed by atoms with Crippen LogP contribution in [0.2, 0.25) is 10.0 Å². The molecule has 12 nitrogen and oxygen atoms in total. The highest BCUT2D eigenvalue weighted by Crippen LogP contribution is 2.27. The molecule has 0 spiro atoms. The molecule has 1 aliphatic rings. The second-order valence-electron chi connectivity index (χ2n) is 9.10. The number of hydrogen-bond acceptors (Lipinski definition) is 9. The van der Waals surface area contributed by atoms with Crippen molar-refractivity contribution < 1.29 is 19.4 Å². The Bertz CT molecular complexity index is 1210. The van der Waals surface area contributed by atoms with Gasteiger partial charge in [0.2, 0.25) is 11.8 Å². The molecule has 0 aliphatic carbocycles. The summed E-state index contributed by atoms with van der Waals surface area (Å²) < 4.78 is 0. The maximum absolute atomic E-state index is 12.0. The number of benzene rings is 2. The Morgan fingerprint density at radius 3 is 1.76 bits per heavy atom. The topological polar surface area (TPSA) is 151 Å². The predicted molar refractivity (Wildman–Crippen MR) is 164 cm³/mol. The maximum atomic E-state index is 12.0. The van der Waals surface area contributed by atoms with Crippen LogP contribution in [0.3, 0.4) is 0 Å². The van der Waals surface area contributed by atoms with Crippen molar-refractivity contribution in [2.45, 2.75) is 26.7 Å². The molecule has 2 aromatic carbocycles. The number of rotatable bonds is 12. The molecule has 0 unspecified atom stereocenters. The molecule has 0 atom stereocenters. The quantitative estimate of drug-likeness (QED) is 0.228. The first-order chi connectivity index (χ1) is 19.5. The van der Waals surface area contributed by atoms with Crippen LogP contribution in [0.4, 0.5) is 22.7 Å². The van der Waals surface area contributed by atoms with E-state index in [0.29, 0.717) is 17.9 Å². The molecule has 2 N–H and O–H groups in total. The van der Waals surface area contributed by atoms with Crippen LogP contribution in [0, 0.1) is 20.2 Å². The van der Waals surface area contributed by atoms with E-state index in [4.69, 9.17) is 23.2 Å². The molecule has 15 heteroatoms. The SMILES string of the molecule is CCCN(CCC)CC(=O)Nc1ccc([N+](=O)[O-])cc1Cl.O=C(CN1CCSCC1)Nc1ccc([N+](=O)[O-])cc1Cl. The molecule has 0 bridgehead atoms. The van der Waals surface area contributed by atoms with Gasteiger partial charge in [0.15, 0.2) is 0 Å². The Morgan fingerprint density at radius 2 is 1.34 bits per heavy atom. The predicted octanol–water partition coefficient (Wildman–Crippen LogP) is 5.54. The lowest BCUT2D eigenvalue weighted by molar-refractivity contribution is -0.385. The summed E-state index contributed by atoms with van der Waals surface area (Å²) in [7, 11) is 0. The summed E-state index contributed by atoms with van der Waals surface area (Å²) in [6, 6.07) is 7.99. The number of halogens is 2. The zero-order chi connectivity index (χ0) is 30.4. The highest BCUT2D eigenvalue weighted by Gasteiger charge is 2.16. The van der Waals surface area contributed by atoms with E-state index in [0.717, 1.165) is 50.5 Å². The fourth-order valence-electron chi connectivity index (χ4n) is 3.89. The van der Waals surface area contributed by atoms with E-state index in [-0.39, 0.29) is 39.8 Å². The van der Waals surface area contributed by atoms with Crippen molar-refractivity contribution in [1.82, 2.24) is 9.80 Å². The highest BCUT2D eigenvalue weighted by atomic mass is 35.5. The smallest absolute Gasteiger partial charge is 0.271 e. The molecule has 3 rings (SSSR count). The van der Waals surface area contributed by atoms with Gasteiger partial charge in [-0.15, -0.1) is 0 Å². The molecule has 41 heavy (non-hydrogen) atoms. The van der Waals surface area contributed by atoms with Gasteiger partial charge in [-0.05, 0) is 38.1 Å². The van der Waals surface area contributed by atoms with E-state index in [1.54, 1.807) is 0 Å². The fourth-order valence-corrected chi connectivity index (χ4v) is 5.31. The third-order valence-corrected chi connectivity index (χ3v) is 7.36. The Balaban J connectivity index is 0.000000287. The summed E-state index contributed by atoms with van der Waals surface area (Å²) in [5.74, 6) is 1.73.